The van der Waals surface area contributed by atoms with Gasteiger partial charge in [-0.15, -0.1) is 0 Å². The van der Waals surface area contributed by atoms with Crippen molar-refractivity contribution in [1.29, 1.82) is 0 Å². The molecule has 2 N–H and O–H groups in total. The minimum atomic E-state index is -0.417. The first-order chi connectivity index (χ1) is 10.1. The van der Waals surface area contributed by atoms with E-state index in [-0.39, 0.29) is 13.2 Å². The predicted octanol–water partition coefficient (Wildman–Crippen LogP) is 3.01. The Bertz CT molecular complexity index is 638. The van der Waals surface area contributed by atoms with E-state index in [4.69, 9.17) is 15.2 Å². The molecule has 0 atom stereocenters. The number of esters is 1. The normalized spacial score (nSPS) is 10.2. The Hall–Kier alpha value is -2.49. The highest BCUT2D eigenvalue weighted by Gasteiger charge is 2.07. The van der Waals surface area contributed by atoms with Crippen molar-refractivity contribution in [2.75, 3.05) is 12.3 Å². The fourth-order valence-electron chi connectivity index (χ4n) is 1.90. The molecular formula is C17H19NO3. The van der Waals surface area contributed by atoms with Crippen LogP contribution in [0.25, 0.3) is 0 Å². The number of carbonyl (C=O) groups is 1. The van der Waals surface area contributed by atoms with E-state index in [0.29, 0.717) is 11.4 Å². The van der Waals surface area contributed by atoms with Crippen LogP contribution in [0, 0.1) is 13.8 Å². The van der Waals surface area contributed by atoms with Gasteiger partial charge in [-0.2, -0.15) is 0 Å². The van der Waals surface area contributed by atoms with Crippen molar-refractivity contribution in [3.63, 3.8) is 0 Å². The van der Waals surface area contributed by atoms with Gasteiger partial charge in [0.2, 0.25) is 0 Å². The number of aryl methyl sites for hydroxylation is 2. The molecule has 2 aromatic carbocycles. The molecule has 0 saturated heterocycles. The minimum absolute atomic E-state index is 0.154. The van der Waals surface area contributed by atoms with E-state index in [9.17, 15) is 4.79 Å². The quantitative estimate of drug-likeness (QED) is 0.677. The van der Waals surface area contributed by atoms with Crippen molar-refractivity contribution in [3.8, 4) is 5.75 Å². The van der Waals surface area contributed by atoms with Gasteiger partial charge in [-0.05, 0) is 37.1 Å². The lowest BCUT2D eigenvalue weighted by molar-refractivity contribution is -0.147. The maximum atomic E-state index is 11.7. The topological polar surface area (TPSA) is 61.5 Å². The summed E-state index contributed by atoms with van der Waals surface area (Å²) in [5, 5.41) is 0. The number of hydrogen-bond donors (Lipinski definition) is 1. The fourth-order valence-corrected chi connectivity index (χ4v) is 1.90. The molecule has 0 aliphatic rings. The summed E-state index contributed by atoms with van der Waals surface area (Å²) in [7, 11) is 0. The third kappa shape index (κ3) is 4.24. The second-order valence-corrected chi connectivity index (χ2v) is 4.92. The summed E-state index contributed by atoms with van der Waals surface area (Å²) in [5.41, 5.74) is 9.47. The lowest BCUT2D eigenvalue weighted by Gasteiger charge is -2.10. The van der Waals surface area contributed by atoms with E-state index in [2.05, 4.69) is 0 Å². The lowest BCUT2D eigenvalue weighted by Crippen LogP contribution is -2.15. The monoisotopic (exact) mass is 285 g/mol. The highest BCUT2D eigenvalue weighted by molar-refractivity contribution is 5.71. The summed E-state index contributed by atoms with van der Waals surface area (Å²) < 4.78 is 10.6. The van der Waals surface area contributed by atoms with Crippen molar-refractivity contribution in [1.82, 2.24) is 0 Å². The summed E-state index contributed by atoms with van der Waals surface area (Å²) >= 11 is 0. The van der Waals surface area contributed by atoms with E-state index in [1.54, 1.807) is 24.3 Å². The number of rotatable bonds is 5. The molecule has 21 heavy (non-hydrogen) atoms. The summed E-state index contributed by atoms with van der Waals surface area (Å²) in [6.07, 6.45) is 0. The van der Waals surface area contributed by atoms with Crippen LogP contribution >= 0.6 is 0 Å². The Balaban J connectivity index is 1.85. The maximum Gasteiger partial charge on any atom is 0.344 e. The second kappa shape index (κ2) is 6.79. The molecule has 0 unspecified atom stereocenters. The van der Waals surface area contributed by atoms with E-state index in [1.807, 2.05) is 32.0 Å². The number of nitrogens with two attached hydrogens (primary N) is 1. The molecule has 0 spiro atoms. The number of benzene rings is 2. The molecule has 0 heterocycles. The van der Waals surface area contributed by atoms with Gasteiger partial charge < -0.3 is 15.2 Å². The molecule has 2 rings (SSSR count). The SMILES string of the molecule is Cc1ccc(C)c(COC(=O)COc2ccccc2N)c1. The molecule has 0 bridgehead atoms. The Kier molecular flexibility index (Phi) is 4.82. The molecule has 4 heteroatoms. The largest absolute Gasteiger partial charge is 0.480 e. The van der Waals surface area contributed by atoms with Crippen molar-refractivity contribution in [2.45, 2.75) is 20.5 Å². The average Bonchev–Trinajstić information content (AvgIpc) is 2.47. The molecule has 2 aromatic rings. The number of anilines is 1. The van der Waals surface area contributed by atoms with Gasteiger partial charge in [-0.3, -0.25) is 0 Å². The molecular weight excluding hydrogens is 266 g/mol. The number of para-hydroxylation sites is 2. The molecule has 0 aliphatic heterocycles. The van der Waals surface area contributed by atoms with Crippen molar-refractivity contribution >= 4 is 11.7 Å². The number of nitrogen functional groups attached to an aromatic ring is 1. The number of carbonyl (C=O) groups excluding carboxylic acids is 1. The summed E-state index contributed by atoms with van der Waals surface area (Å²) in [4.78, 5) is 11.7. The van der Waals surface area contributed by atoms with Crippen LogP contribution in [0.1, 0.15) is 16.7 Å². The third-order valence-electron chi connectivity index (χ3n) is 3.16. The van der Waals surface area contributed by atoms with Gasteiger partial charge in [0.05, 0.1) is 5.69 Å². The van der Waals surface area contributed by atoms with E-state index >= 15 is 0 Å². The van der Waals surface area contributed by atoms with Gasteiger partial charge >= 0.3 is 5.97 Å². The Morgan fingerprint density at radius 2 is 1.90 bits per heavy atom. The lowest BCUT2D eigenvalue weighted by atomic mass is 10.1. The molecule has 110 valence electrons. The zero-order chi connectivity index (χ0) is 15.2. The minimum Gasteiger partial charge on any atom is -0.480 e. The van der Waals surface area contributed by atoms with E-state index in [0.717, 1.165) is 16.7 Å². The first-order valence-electron chi connectivity index (χ1n) is 6.75. The Morgan fingerprint density at radius 1 is 1.14 bits per heavy atom. The third-order valence-corrected chi connectivity index (χ3v) is 3.16. The van der Waals surface area contributed by atoms with Crippen LogP contribution in [-0.2, 0) is 16.1 Å². The van der Waals surface area contributed by atoms with Crippen LogP contribution in [0.3, 0.4) is 0 Å². The number of hydrogen-bond acceptors (Lipinski definition) is 4. The zero-order valence-electron chi connectivity index (χ0n) is 12.3. The zero-order valence-corrected chi connectivity index (χ0v) is 12.3. The molecule has 0 aromatic heterocycles. The second-order valence-electron chi connectivity index (χ2n) is 4.92. The summed E-state index contributed by atoms with van der Waals surface area (Å²) in [6, 6.07) is 13.1. The molecule has 0 saturated carbocycles. The van der Waals surface area contributed by atoms with Crippen molar-refractivity contribution in [2.24, 2.45) is 0 Å². The molecule has 0 aliphatic carbocycles. The Labute approximate surface area is 124 Å². The van der Waals surface area contributed by atoms with Crippen LogP contribution in [0.2, 0.25) is 0 Å². The van der Waals surface area contributed by atoms with E-state index < -0.39 is 5.97 Å². The highest BCUT2D eigenvalue weighted by atomic mass is 16.6. The first-order valence-corrected chi connectivity index (χ1v) is 6.75. The number of ether oxygens (including phenoxy) is 2. The molecule has 0 fully saturated rings. The average molecular weight is 285 g/mol. The summed E-state index contributed by atoms with van der Waals surface area (Å²) in [6.45, 7) is 4.09. The highest BCUT2D eigenvalue weighted by Crippen LogP contribution is 2.19. The first kappa shape index (κ1) is 14.9. The van der Waals surface area contributed by atoms with Crippen LogP contribution in [-0.4, -0.2) is 12.6 Å². The standard InChI is InChI=1S/C17H19NO3/c1-12-7-8-13(2)14(9-12)10-21-17(19)11-20-16-6-4-3-5-15(16)18/h3-9H,10-11,18H2,1-2H3. The van der Waals surface area contributed by atoms with Crippen molar-refractivity contribution in [3.05, 3.63) is 59.2 Å². The smallest absolute Gasteiger partial charge is 0.344 e. The fraction of sp³-hybridized carbons (Fsp3) is 0.235. The van der Waals surface area contributed by atoms with Crippen LogP contribution in [0.5, 0.6) is 5.75 Å². The molecule has 0 radical (unpaired) electrons. The van der Waals surface area contributed by atoms with E-state index in [1.165, 1.54) is 0 Å². The predicted molar refractivity (Wildman–Crippen MR) is 82.1 cm³/mol. The van der Waals surface area contributed by atoms with Gasteiger partial charge in [0, 0.05) is 0 Å². The van der Waals surface area contributed by atoms with Gasteiger partial charge in [-0.25, -0.2) is 4.79 Å². The van der Waals surface area contributed by atoms with Crippen LogP contribution in [0.15, 0.2) is 42.5 Å². The maximum absolute atomic E-state index is 11.7. The Morgan fingerprint density at radius 3 is 2.67 bits per heavy atom. The van der Waals surface area contributed by atoms with Gasteiger partial charge in [0.25, 0.3) is 0 Å². The van der Waals surface area contributed by atoms with Gasteiger partial charge in [0.15, 0.2) is 6.61 Å². The molecule has 4 nitrogen and oxygen atoms in total. The molecule has 0 amide bonds. The van der Waals surface area contributed by atoms with Gasteiger partial charge in [0.1, 0.15) is 12.4 Å². The van der Waals surface area contributed by atoms with Crippen molar-refractivity contribution < 1.29 is 14.3 Å². The van der Waals surface area contributed by atoms with Crippen LogP contribution < -0.4 is 10.5 Å². The van der Waals surface area contributed by atoms with Crippen LogP contribution in [0.4, 0.5) is 5.69 Å². The summed E-state index contributed by atoms with van der Waals surface area (Å²) in [5.74, 6) is 0.0698. The van der Waals surface area contributed by atoms with Gasteiger partial charge in [-0.1, -0.05) is 35.9 Å².